The van der Waals surface area contributed by atoms with Gasteiger partial charge in [0.2, 0.25) is 15.7 Å². The molecule has 0 saturated carbocycles. The molecule has 2 saturated heterocycles. The monoisotopic (exact) mass is 694 g/mol. The predicted octanol–water partition coefficient (Wildman–Crippen LogP) is 3.78. The number of aromatic amines is 1. The zero-order valence-corrected chi connectivity index (χ0v) is 26.7. The summed E-state index contributed by atoms with van der Waals surface area (Å²) in [5.41, 5.74) is 4.24. The van der Waals surface area contributed by atoms with Crippen LogP contribution >= 0.6 is 0 Å². The SMILES string of the molecule is NC(=O)c1cccc(S(=O)(=O)c2cc3c(c([N+](=O)[O-])c2)N[C@H](C2(F)CCOCC2)CO3)c1N1c2cc3cc[nH]c3nc2O[C@H]2COCC[C@@H]21. The maximum absolute atomic E-state index is 15.8. The van der Waals surface area contributed by atoms with E-state index in [-0.39, 0.29) is 72.7 Å². The number of hydrogen-bond acceptors (Lipinski definition) is 12. The van der Waals surface area contributed by atoms with Gasteiger partial charge in [-0.2, -0.15) is 4.98 Å². The Morgan fingerprint density at radius 1 is 1.12 bits per heavy atom. The molecule has 2 fully saturated rings. The van der Waals surface area contributed by atoms with Crippen LogP contribution in [-0.2, 0) is 19.3 Å². The summed E-state index contributed by atoms with van der Waals surface area (Å²) in [6, 6.07) is 8.39. The Morgan fingerprint density at radius 2 is 1.94 bits per heavy atom. The molecule has 2 aromatic heterocycles. The van der Waals surface area contributed by atoms with Crippen molar-refractivity contribution in [3.63, 3.8) is 0 Å². The highest BCUT2D eigenvalue weighted by Crippen LogP contribution is 2.49. The molecule has 256 valence electrons. The molecule has 4 aromatic rings. The number of sulfone groups is 1. The highest BCUT2D eigenvalue weighted by atomic mass is 32.2. The van der Waals surface area contributed by atoms with E-state index in [2.05, 4.69) is 15.3 Å². The van der Waals surface area contributed by atoms with Gasteiger partial charge in [-0.05, 0) is 30.7 Å². The summed E-state index contributed by atoms with van der Waals surface area (Å²) in [4.78, 5) is 33.2. The first kappa shape index (κ1) is 31.3. The van der Waals surface area contributed by atoms with Crippen LogP contribution in [-0.4, -0.2) is 86.1 Å². The molecule has 0 aliphatic carbocycles. The maximum Gasteiger partial charge on any atom is 0.297 e. The number of nitrogens with two attached hydrogens (primary N) is 1. The first-order valence-corrected chi connectivity index (χ1v) is 17.2. The van der Waals surface area contributed by atoms with Crippen LogP contribution in [0.3, 0.4) is 0 Å². The van der Waals surface area contributed by atoms with Gasteiger partial charge in [0.1, 0.15) is 29.7 Å². The van der Waals surface area contributed by atoms with Gasteiger partial charge in [0.05, 0.1) is 44.7 Å². The number of nitrogens with zero attached hydrogens (tertiary/aromatic N) is 3. The lowest BCUT2D eigenvalue weighted by molar-refractivity contribution is -0.384. The summed E-state index contributed by atoms with van der Waals surface area (Å²) in [6.07, 6.45) is 1.69. The van der Waals surface area contributed by atoms with E-state index in [9.17, 15) is 23.3 Å². The normalized spacial score (nSPS) is 22.9. The van der Waals surface area contributed by atoms with E-state index >= 15 is 4.39 Å². The number of anilines is 3. The lowest BCUT2D eigenvalue weighted by atomic mass is 9.87. The van der Waals surface area contributed by atoms with Gasteiger partial charge in [-0.3, -0.25) is 14.9 Å². The minimum atomic E-state index is -4.63. The molecule has 15 nitrogen and oxygen atoms in total. The Morgan fingerprint density at radius 3 is 2.71 bits per heavy atom. The van der Waals surface area contributed by atoms with Crippen molar-refractivity contribution >= 4 is 49.5 Å². The Hall–Kier alpha value is -5.00. The molecule has 8 rings (SSSR count). The summed E-state index contributed by atoms with van der Waals surface area (Å²) in [5, 5.41) is 16.0. The second kappa shape index (κ2) is 11.6. The van der Waals surface area contributed by atoms with Gasteiger partial charge in [0.25, 0.3) is 11.6 Å². The minimum Gasteiger partial charge on any atom is -0.489 e. The molecule has 0 unspecified atom stereocenters. The van der Waals surface area contributed by atoms with Crippen molar-refractivity contribution in [1.29, 1.82) is 0 Å². The quantitative estimate of drug-likeness (QED) is 0.195. The van der Waals surface area contributed by atoms with Gasteiger partial charge >= 0.3 is 0 Å². The number of primary amides is 1. The number of nitro benzene ring substituents is 1. The second-order valence-electron chi connectivity index (χ2n) is 12.4. The van der Waals surface area contributed by atoms with Crippen molar-refractivity contribution in [1.82, 2.24) is 9.97 Å². The van der Waals surface area contributed by atoms with Gasteiger partial charge in [-0.1, -0.05) is 6.07 Å². The lowest BCUT2D eigenvalue weighted by Crippen LogP contribution is -2.53. The Bertz CT molecular complexity index is 2120. The second-order valence-corrected chi connectivity index (χ2v) is 14.4. The van der Waals surface area contributed by atoms with Gasteiger partial charge in [0.15, 0.2) is 11.4 Å². The minimum absolute atomic E-state index is 0.0218. The van der Waals surface area contributed by atoms with Crippen molar-refractivity contribution < 1.29 is 41.5 Å². The van der Waals surface area contributed by atoms with E-state index < -0.39 is 55.1 Å². The van der Waals surface area contributed by atoms with E-state index in [1.54, 1.807) is 23.2 Å². The van der Waals surface area contributed by atoms with Gasteiger partial charge < -0.3 is 39.9 Å². The van der Waals surface area contributed by atoms with Crippen LogP contribution in [0.4, 0.5) is 27.1 Å². The summed E-state index contributed by atoms with van der Waals surface area (Å²) in [5.74, 6) is -0.812. The molecular formula is C32H31FN6O9S. The predicted molar refractivity (Wildman–Crippen MR) is 172 cm³/mol. The summed E-state index contributed by atoms with van der Waals surface area (Å²) in [6.45, 7) is 0.723. The first-order chi connectivity index (χ1) is 23.5. The molecule has 17 heteroatoms. The number of rotatable bonds is 6. The van der Waals surface area contributed by atoms with Crippen LogP contribution in [0.25, 0.3) is 11.0 Å². The standard InChI is InChI=1S/C32H31FN6O9S/c33-32(6-10-45-11-7-32)26-16-47-23-14-18(13-21(39(41)42)27(23)36-26)49(43,44)25-3-1-2-19(29(34)40)28(25)38-20-5-9-46-15-24(20)48-31-22(38)12-17-4-8-35-30(17)37-31/h1-4,8,12-14,20,24,26,36H,5-7,9-11,15-16H2,(H2,34,40)(H,35,37)/t20-,24-,26-/m0/s1. The third kappa shape index (κ3) is 5.10. The summed E-state index contributed by atoms with van der Waals surface area (Å²) < 4.78 is 68.3. The van der Waals surface area contributed by atoms with Crippen molar-refractivity contribution in [3.05, 3.63) is 64.3 Å². The largest absolute Gasteiger partial charge is 0.489 e. The topological polar surface area (TPSA) is 201 Å². The zero-order chi connectivity index (χ0) is 34.1. The van der Waals surface area contributed by atoms with E-state index in [1.165, 1.54) is 24.3 Å². The number of nitrogens with one attached hydrogen (secondary N) is 2. The molecule has 0 radical (unpaired) electrons. The maximum atomic E-state index is 15.8. The number of nitro groups is 1. The fraction of sp³-hybridized carbons (Fsp3) is 0.375. The molecule has 4 aliphatic rings. The van der Waals surface area contributed by atoms with E-state index in [0.29, 0.717) is 29.7 Å². The van der Waals surface area contributed by atoms with E-state index in [4.69, 9.17) is 24.7 Å². The van der Waals surface area contributed by atoms with Crippen molar-refractivity contribution in [2.75, 3.05) is 43.3 Å². The number of carbonyl (C=O) groups excluding carboxylic acids is 1. The fourth-order valence-electron chi connectivity index (χ4n) is 7.10. The van der Waals surface area contributed by atoms with Gasteiger partial charge in [-0.15, -0.1) is 0 Å². The number of pyridine rings is 1. The zero-order valence-electron chi connectivity index (χ0n) is 25.9. The number of fused-ring (bicyclic) bond motifs is 4. The van der Waals surface area contributed by atoms with Crippen molar-refractivity contribution in [3.8, 4) is 11.6 Å². The average molecular weight is 695 g/mol. The van der Waals surface area contributed by atoms with E-state index in [0.717, 1.165) is 6.07 Å². The van der Waals surface area contributed by atoms with Crippen LogP contribution in [0.15, 0.2) is 58.5 Å². The molecule has 4 aliphatic heterocycles. The highest BCUT2D eigenvalue weighted by Gasteiger charge is 2.46. The van der Waals surface area contributed by atoms with Crippen LogP contribution in [0.5, 0.6) is 11.6 Å². The number of para-hydroxylation sites is 1. The number of halogens is 1. The smallest absolute Gasteiger partial charge is 0.297 e. The number of alkyl halides is 1. The molecule has 4 N–H and O–H groups in total. The van der Waals surface area contributed by atoms with Crippen LogP contribution in [0.2, 0.25) is 0 Å². The fourth-order valence-corrected chi connectivity index (χ4v) is 8.61. The molecule has 1 amide bonds. The summed E-state index contributed by atoms with van der Waals surface area (Å²) in [7, 11) is -4.63. The Labute approximate surface area is 278 Å². The highest BCUT2D eigenvalue weighted by molar-refractivity contribution is 7.91. The number of ether oxygens (including phenoxy) is 4. The van der Waals surface area contributed by atoms with Crippen molar-refractivity contribution in [2.24, 2.45) is 5.73 Å². The Balaban J connectivity index is 1.29. The van der Waals surface area contributed by atoms with E-state index in [1.807, 2.05) is 0 Å². The molecule has 3 atom stereocenters. The molecule has 6 heterocycles. The van der Waals surface area contributed by atoms with Crippen LogP contribution < -0.4 is 25.4 Å². The molecular weight excluding hydrogens is 663 g/mol. The summed E-state index contributed by atoms with van der Waals surface area (Å²) >= 11 is 0. The van der Waals surface area contributed by atoms with Crippen LogP contribution in [0.1, 0.15) is 29.6 Å². The number of H-pyrrole nitrogens is 1. The van der Waals surface area contributed by atoms with Crippen LogP contribution in [0, 0.1) is 10.1 Å². The number of hydrogen-bond donors (Lipinski definition) is 3. The Kier molecular flexibility index (Phi) is 7.38. The molecule has 2 aromatic carbocycles. The lowest BCUT2D eigenvalue weighted by Gasteiger charge is -2.45. The number of aromatic nitrogens is 2. The average Bonchev–Trinajstić information content (AvgIpc) is 3.56. The van der Waals surface area contributed by atoms with Crippen molar-refractivity contribution in [2.45, 2.75) is 52.9 Å². The molecule has 0 spiro atoms. The van der Waals surface area contributed by atoms with Gasteiger partial charge in [-0.25, -0.2) is 12.8 Å². The molecule has 0 bridgehead atoms. The van der Waals surface area contributed by atoms with Gasteiger partial charge in [0, 0.05) is 56.4 Å². The third-order valence-corrected chi connectivity index (χ3v) is 11.4. The number of amides is 1. The number of carbonyl (C=O) groups is 1. The molecule has 49 heavy (non-hydrogen) atoms. The number of benzene rings is 2. The third-order valence-electron chi connectivity index (χ3n) is 9.63. The first-order valence-electron chi connectivity index (χ1n) is 15.7.